The van der Waals surface area contributed by atoms with Crippen molar-refractivity contribution in [1.29, 1.82) is 0 Å². The molecule has 0 atom stereocenters. The predicted octanol–water partition coefficient (Wildman–Crippen LogP) is 2.01. The number of aromatic nitrogens is 2. The highest BCUT2D eigenvalue weighted by atomic mass is 32.2. The van der Waals surface area contributed by atoms with E-state index in [4.69, 9.17) is 5.73 Å². The van der Waals surface area contributed by atoms with Crippen molar-refractivity contribution in [3.63, 3.8) is 0 Å². The Kier molecular flexibility index (Phi) is 3.19. The first-order valence-electron chi connectivity index (χ1n) is 6.14. The van der Waals surface area contributed by atoms with Crippen LogP contribution in [0.25, 0.3) is 10.9 Å². The normalized spacial score (nSPS) is 11.4. The molecular formula is C14H12N4O2S. The van der Waals surface area contributed by atoms with Gasteiger partial charge in [0.2, 0.25) is 0 Å². The summed E-state index contributed by atoms with van der Waals surface area (Å²) in [7, 11) is -3.76. The molecule has 0 bridgehead atoms. The summed E-state index contributed by atoms with van der Waals surface area (Å²) in [5.74, 6) is 0. The predicted molar refractivity (Wildman–Crippen MR) is 81.2 cm³/mol. The smallest absolute Gasteiger partial charge is 0.262 e. The van der Waals surface area contributed by atoms with E-state index in [1.54, 1.807) is 30.5 Å². The average molecular weight is 300 g/mol. The van der Waals surface area contributed by atoms with Gasteiger partial charge in [-0.2, -0.15) is 0 Å². The SMILES string of the molecule is Nc1cnccc1NS(=O)(=O)c1cccc2ncccc12. The van der Waals surface area contributed by atoms with Crippen LogP contribution < -0.4 is 10.5 Å². The first-order valence-corrected chi connectivity index (χ1v) is 7.62. The molecule has 0 fully saturated rings. The molecule has 21 heavy (non-hydrogen) atoms. The van der Waals surface area contributed by atoms with Gasteiger partial charge in [-0.1, -0.05) is 6.07 Å². The number of hydrogen-bond acceptors (Lipinski definition) is 5. The Morgan fingerprint density at radius 1 is 1.05 bits per heavy atom. The number of anilines is 2. The second-order valence-electron chi connectivity index (χ2n) is 4.39. The summed E-state index contributed by atoms with van der Waals surface area (Å²) in [6.07, 6.45) is 4.48. The number of nitrogen functional groups attached to an aromatic ring is 1. The van der Waals surface area contributed by atoms with Crippen molar-refractivity contribution >= 4 is 32.3 Å². The molecule has 0 saturated heterocycles. The lowest BCUT2D eigenvalue weighted by Crippen LogP contribution is -2.14. The first-order chi connectivity index (χ1) is 10.1. The Bertz CT molecular complexity index is 904. The van der Waals surface area contributed by atoms with Crippen LogP contribution in [-0.4, -0.2) is 18.4 Å². The van der Waals surface area contributed by atoms with Crippen LogP contribution in [0.1, 0.15) is 0 Å². The number of nitrogens with one attached hydrogen (secondary N) is 1. The summed E-state index contributed by atoms with van der Waals surface area (Å²) in [5, 5.41) is 0.556. The Balaban J connectivity index is 2.11. The Morgan fingerprint density at radius 3 is 2.71 bits per heavy atom. The van der Waals surface area contributed by atoms with E-state index < -0.39 is 10.0 Å². The molecule has 0 saturated carbocycles. The highest BCUT2D eigenvalue weighted by molar-refractivity contribution is 7.93. The fourth-order valence-electron chi connectivity index (χ4n) is 2.01. The van der Waals surface area contributed by atoms with Crippen molar-refractivity contribution in [1.82, 2.24) is 9.97 Å². The van der Waals surface area contributed by atoms with Gasteiger partial charge in [-0.3, -0.25) is 14.7 Å². The maximum atomic E-state index is 12.6. The lowest BCUT2D eigenvalue weighted by Gasteiger charge is -2.11. The number of hydrogen-bond donors (Lipinski definition) is 2. The van der Waals surface area contributed by atoms with Crippen molar-refractivity contribution in [2.75, 3.05) is 10.5 Å². The van der Waals surface area contributed by atoms with Gasteiger partial charge >= 0.3 is 0 Å². The molecule has 2 heterocycles. The van der Waals surface area contributed by atoms with Crippen molar-refractivity contribution in [3.05, 3.63) is 55.0 Å². The van der Waals surface area contributed by atoms with E-state index in [0.717, 1.165) is 0 Å². The molecular weight excluding hydrogens is 288 g/mol. The zero-order valence-electron chi connectivity index (χ0n) is 10.9. The second kappa shape index (κ2) is 5.02. The number of benzene rings is 1. The van der Waals surface area contributed by atoms with E-state index in [-0.39, 0.29) is 10.6 Å². The summed E-state index contributed by atoms with van der Waals surface area (Å²) < 4.78 is 27.6. The monoisotopic (exact) mass is 300 g/mol. The largest absolute Gasteiger partial charge is 0.396 e. The fourth-order valence-corrected chi connectivity index (χ4v) is 3.31. The molecule has 0 radical (unpaired) electrons. The van der Waals surface area contributed by atoms with Gasteiger partial charge in [-0.15, -0.1) is 0 Å². The van der Waals surface area contributed by atoms with Gasteiger partial charge in [-0.05, 0) is 30.3 Å². The number of nitrogens with zero attached hydrogens (tertiary/aromatic N) is 2. The number of fused-ring (bicyclic) bond motifs is 1. The summed E-state index contributed by atoms with van der Waals surface area (Å²) in [4.78, 5) is 8.14. The minimum atomic E-state index is -3.76. The molecule has 0 aliphatic rings. The van der Waals surface area contributed by atoms with Crippen molar-refractivity contribution < 1.29 is 8.42 Å². The van der Waals surface area contributed by atoms with Crippen molar-refractivity contribution in [3.8, 4) is 0 Å². The maximum Gasteiger partial charge on any atom is 0.262 e. The molecule has 3 N–H and O–H groups in total. The molecule has 0 spiro atoms. The third-order valence-corrected chi connectivity index (χ3v) is 4.42. The van der Waals surface area contributed by atoms with Crippen LogP contribution in [0.4, 0.5) is 11.4 Å². The molecule has 0 aliphatic carbocycles. The van der Waals surface area contributed by atoms with Gasteiger partial charge < -0.3 is 5.73 Å². The van der Waals surface area contributed by atoms with Gasteiger partial charge in [0.1, 0.15) is 0 Å². The summed E-state index contributed by atoms with van der Waals surface area (Å²) >= 11 is 0. The van der Waals surface area contributed by atoms with E-state index in [0.29, 0.717) is 16.6 Å². The third-order valence-electron chi connectivity index (χ3n) is 2.99. The van der Waals surface area contributed by atoms with E-state index in [1.807, 2.05) is 0 Å². The molecule has 0 amide bonds. The third kappa shape index (κ3) is 2.50. The zero-order valence-corrected chi connectivity index (χ0v) is 11.7. The maximum absolute atomic E-state index is 12.6. The summed E-state index contributed by atoms with van der Waals surface area (Å²) in [6, 6.07) is 9.86. The van der Waals surface area contributed by atoms with E-state index >= 15 is 0 Å². The van der Waals surface area contributed by atoms with Crippen LogP contribution in [0.5, 0.6) is 0 Å². The van der Waals surface area contributed by atoms with Crippen LogP contribution in [0.3, 0.4) is 0 Å². The van der Waals surface area contributed by atoms with E-state index in [1.165, 1.54) is 24.5 Å². The average Bonchev–Trinajstić information content (AvgIpc) is 2.49. The van der Waals surface area contributed by atoms with E-state index in [2.05, 4.69) is 14.7 Å². The van der Waals surface area contributed by atoms with E-state index in [9.17, 15) is 8.42 Å². The van der Waals surface area contributed by atoms with Gasteiger partial charge in [0.05, 0.1) is 28.0 Å². The van der Waals surface area contributed by atoms with Crippen molar-refractivity contribution in [2.45, 2.75) is 4.90 Å². The molecule has 0 unspecified atom stereocenters. The Morgan fingerprint density at radius 2 is 1.90 bits per heavy atom. The topological polar surface area (TPSA) is 98.0 Å². The highest BCUT2D eigenvalue weighted by Gasteiger charge is 2.18. The molecule has 1 aromatic carbocycles. The Labute approximate surface area is 121 Å². The second-order valence-corrected chi connectivity index (χ2v) is 6.05. The van der Waals surface area contributed by atoms with Crippen LogP contribution in [0, 0.1) is 0 Å². The molecule has 0 aliphatic heterocycles. The molecule has 7 heteroatoms. The first kappa shape index (κ1) is 13.3. The standard InChI is InChI=1S/C14H12N4O2S/c15-11-9-16-8-6-13(11)18-21(19,20)14-5-1-4-12-10(14)3-2-7-17-12/h1-9H,15H2,(H,16,18). The Hall–Kier alpha value is -2.67. The van der Waals surface area contributed by atoms with Crippen molar-refractivity contribution in [2.24, 2.45) is 0 Å². The number of pyridine rings is 2. The minimum Gasteiger partial charge on any atom is -0.396 e. The number of nitrogens with two attached hydrogens (primary N) is 1. The molecule has 2 aromatic heterocycles. The van der Waals surface area contributed by atoms with Gasteiger partial charge in [0, 0.05) is 17.8 Å². The molecule has 106 valence electrons. The van der Waals surface area contributed by atoms with Gasteiger partial charge in [0.15, 0.2) is 0 Å². The van der Waals surface area contributed by atoms with Crippen LogP contribution in [0.2, 0.25) is 0 Å². The van der Waals surface area contributed by atoms with Gasteiger partial charge in [-0.25, -0.2) is 8.42 Å². The van der Waals surface area contributed by atoms with Gasteiger partial charge in [0.25, 0.3) is 10.0 Å². The molecule has 3 rings (SSSR count). The van der Waals surface area contributed by atoms with Crippen LogP contribution >= 0.6 is 0 Å². The number of sulfonamides is 1. The van der Waals surface area contributed by atoms with Crippen LogP contribution in [0.15, 0.2) is 59.9 Å². The minimum absolute atomic E-state index is 0.157. The highest BCUT2D eigenvalue weighted by Crippen LogP contribution is 2.25. The summed E-state index contributed by atoms with van der Waals surface area (Å²) in [5.41, 5.74) is 6.89. The van der Waals surface area contributed by atoms with Crippen LogP contribution in [-0.2, 0) is 10.0 Å². The molecule has 6 nitrogen and oxygen atoms in total. The lowest BCUT2D eigenvalue weighted by molar-refractivity contribution is 0.602. The zero-order chi connectivity index (χ0) is 14.9. The quantitative estimate of drug-likeness (QED) is 0.771. The lowest BCUT2D eigenvalue weighted by atomic mass is 10.2. The molecule has 3 aromatic rings. The fraction of sp³-hybridized carbons (Fsp3) is 0. The number of rotatable bonds is 3. The summed E-state index contributed by atoms with van der Waals surface area (Å²) in [6.45, 7) is 0.